The lowest BCUT2D eigenvalue weighted by atomic mass is 9.91. The highest BCUT2D eigenvalue weighted by Crippen LogP contribution is 2.30. The first-order chi connectivity index (χ1) is 12.0. The Hall–Kier alpha value is -2.22. The Labute approximate surface area is 149 Å². The molecule has 1 saturated heterocycles. The van der Waals surface area contributed by atoms with Gasteiger partial charge in [-0.05, 0) is 30.5 Å². The van der Waals surface area contributed by atoms with Crippen LogP contribution < -0.4 is 0 Å². The van der Waals surface area contributed by atoms with E-state index in [0.717, 1.165) is 5.56 Å². The van der Waals surface area contributed by atoms with Gasteiger partial charge in [0.25, 0.3) is 0 Å². The van der Waals surface area contributed by atoms with Crippen molar-refractivity contribution in [3.05, 3.63) is 65.1 Å². The largest absolute Gasteiger partial charge is 0.348 e. The van der Waals surface area contributed by atoms with Gasteiger partial charge in [0.2, 0.25) is 5.39 Å². The minimum atomic E-state index is -0.559. The lowest BCUT2D eigenvalue weighted by Gasteiger charge is -2.20. The van der Waals surface area contributed by atoms with Gasteiger partial charge in [0.05, 0.1) is 25.0 Å². The SMILES string of the molecule is CC(C(Cc1ccc(-c2ccccc2)cc1)[N+]#N)[C@H]1COC(C)(C)O1. The molecule has 1 heterocycles. The maximum Gasteiger partial charge on any atom is 0.323 e. The molecular weight excluding hydrogens is 312 g/mol. The Morgan fingerprint density at radius 2 is 1.72 bits per heavy atom. The normalized spacial score (nSPS) is 21.4. The van der Waals surface area contributed by atoms with Crippen LogP contribution in [0, 0.1) is 11.3 Å². The molecule has 0 aliphatic carbocycles. The molecule has 4 heteroatoms. The Balaban J connectivity index is 1.67. The number of nitrogens with zero attached hydrogens (tertiary/aromatic N) is 2. The zero-order valence-corrected chi connectivity index (χ0v) is 15.1. The standard InChI is InChI=1S/C21H25N2O2/c1-15(20-14-24-21(2,3)25-20)19(23-22)13-16-9-11-18(12-10-16)17-7-5-4-6-8-17/h4-12,15,19-20H,13-14H2,1-3H3/q+1/t15?,19?,20-/m1/s1. The molecule has 0 aromatic heterocycles. The zero-order chi connectivity index (χ0) is 17.9. The summed E-state index contributed by atoms with van der Waals surface area (Å²) in [5.41, 5.74) is 3.53. The molecule has 25 heavy (non-hydrogen) atoms. The molecule has 2 unspecified atom stereocenters. The molecule has 0 spiro atoms. The van der Waals surface area contributed by atoms with E-state index in [2.05, 4.69) is 48.3 Å². The maximum absolute atomic E-state index is 9.51. The van der Waals surface area contributed by atoms with E-state index < -0.39 is 5.79 Å². The van der Waals surface area contributed by atoms with Gasteiger partial charge in [-0.25, -0.2) is 0 Å². The minimum Gasteiger partial charge on any atom is -0.348 e. The van der Waals surface area contributed by atoms with Gasteiger partial charge < -0.3 is 9.47 Å². The van der Waals surface area contributed by atoms with E-state index in [1.807, 2.05) is 32.0 Å². The van der Waals surface area contributed by atoms with Gasteiger partial charge in [-0.3, -0.25) is 0 Å². The summed E-state index contributed by atoms with van der Waals surface area (Å²) in [5, 5.41) is 9.51. The van der Waals surface area contributed by atoms with Crippen LogP contribution in [0.15, 0.2) is 54.6 Å². The van der Waals surface area contributed by atoms with Crippen molar-refractivity contribution in [1.82, 2.24) is 0 Å². The second-order valence-corrected chi connectivity index (χ2v) is 7.18. The summed E-state index contributed by atoms with van der Waals surface area (Å²) in [6.07, 6.45) is 0.618. The quantitative estimate of drug-likeness (QED) is 0.729. The van der Waals surface area contributed by atoms with Crippen molar-refractivity contribution in [3.8, 4) is 11.1 Å². The number of hydrogen-bond acceptors (Lipinski definition) is 3. The topological polar surface area (TPSA) is 46.6 Å². The third-order valence-electron chi connectivity index (χ3n) is 4.88. The summed E-state index contributed by atoms with van der Waals surface area (Å²) in [6, 6.07) is 18.5. The molecule has 2 aromatic rings. The summed E-state index contributed by atoms with van der Waals surface area (Å²) < 4.78 is 11.6. The van der Waals surface area contributed by atoms with Crippen LogP contribution in [0.1, 0.15) is 26.3 Å². The van der Waals surface area contributed by atoms with Crippen molar-refractivity contribution in [1.29, 1.82) is 5.39 Å². The summed E-state index contributed by atoms with van der Waals surface area (Å²) in [5.74, 6) is -0.489. The zero-order valence-electron chi connectivity index (χ0n) is 15.1. The van der Waals surface area contributed by atoms with Gasteiger partial charge in [0, 0.05) is 0 Å². The lowest BCUT2D eigenvalue weighted by Crippen LogP contribution is -2.32. The van der Waals surface area contributed by atoms with Crippen molar-refractivity contribution < 1.29 is 9.47 Å². The van der Waals surface area contributed by atoms with Gasteiger partial charge >= 0.3 is 6.04 Å². The van der Waals surface area contributed by atoms with Gasteiger partial charge in [0.1, 0.15) is 4.98 Å². The van der Waals surface area contributed by atoms with Crippen LogP contribution in [0.4, 0.5) is 0 Å². The van der Waals surface area contributed by atoms with Crippen LogP contribution >= 0.6 is 0 Å². The summed E-state index contributed by atoms with van der Waals surface area (Å²) in [6.45, 7) is 6.41. The van der Waals surface area contributed by atoms with E-state index in [4.69, 9.17) is 9.47 Å². The van der Waals surface area contributed by atoms with E-state index in [9.17, 15) is 5.39 Å². The number of hydrogen-bond donors (Lipinski definition) is 0. The summed E-state index contributed by atoms with van der Waals surface area (Å²) >= 11 is 0. The molecule has 0 bridgehead atoms. The number of benzene rings is 2. The van der Waals surface area contributed by atoms with Crippen LogP contribution in [0.5, 0.6) is 0 Å². The van der Waals surface area contributed by atoms with E-state index in [-0.39, 0.29) is 18.1 Å². The molecule has 3 atom stereocenters. The van der Waals surface area contributed by atoms with Crippen molar-refractivity contribution in [3.63, 3.8) is 0 Å². The first-order valence-electron chi connectivity index (χ1n) is 8.79. The van der Waals surface area contributed by atoms with Gasteiger partial charge in [-0.1, -0.05) is 61.5 Å². The molecule has 3 rings (SSSR count). The first kappa shape index (κ1) is 17.6. The molecule has 2 aromatic carbocycles. The number of rotatable bonds is 5. The van der Waals surface area contributed by atoms with Crippen LogP contribution in [0.2, 0.25) is 0 Å². The Bertz CT molecular complexity index is 735. The third kappa shape index (κ3) is 4.25. The van der Waals surface area contributed by atoms with E-state index in [1.54, 1.807) is 0 Å². The number of diazo groups is 1. The molecule has 0 N–H and O–H groups in total. The van der Waals surface area contributed by atoms with Crippen molar-refractivity contribution in [2.75, 3.05) is 6.61 Å². The molecule has 4 nitrogen and oxygen atoms in total. The average Bonchev–Trinajstić information content (AvgIpc) is 3.00. The molecule has 0 amide bonds. The minimum absolute atomic E-state index is 0.0560. The van der Waals surface area contributed by atoms with Crippen molar-refractivity contribution in [2.24, 2.45) is 5.92 Å². The van der Waals surface area contributed by atoms with Gasteiger partial charge in [0.15, 0.2) is 5.79 Å². The molecule has 1 aliphatic rings. The fraction of sp³-hybridized carbons (Fsp3) is 0.429. The molecule has 0 radical (unpaired) electrons. The second kappa shape index (κ2) is 7.35. The predicted molar refractivity (Wildman–Crippen MR) is 98.5 cm³/mol. The van der Waals surface area contributed by atoms with Crippen molar-refractivity contribution in [2.45, 2.75) is 45.1 Å². The highest BCUT2D eigenvalue weighted by Gasteiger charge is 2.43. The lowest BCUT2D eigenvalue weighted by molar-refractivity contribution is -0.144. The van der Waals surface area contributed by atoms with Crippen LogP contribution in [0.25, 0.3) is 16.1 Å². The van der Waals surface area contributed by atoms with Crippen LogP contribution in [-0.4, -0.2) is 24.5 Å². The summed E-state index contributed by atoms with van der Waals surface area (Å²) in [7, 11) is 0. The fourth-order valence-electron chi connectivity index (χ4n) is 3.26. The smallest absolute Gasteiger partial charge is 0.323 e. The Morgan fingerprint density at radius 3 is 2.28 bits per heavy atom. The molecular formula is C21H25N2O2+. The summed E-state index contributed by atoms with van der Waals surface area (Å²) in [4.78, 5) is 3.62. The van der Waals surface area contributed by atoms with E-state index >= 15 is 0 Å². The molecule has 1 fully saturated rings. The van der Waals surface area contributed by atoms with Crippen LogP contribution in [0.3, 0.4) is 0 Å². The second-order valence-electron chi connectivity index (χ2n) is 7.18. The molecule has 1 aliphatic heterocycles. The van der Waals surface area contributed by atoms with Gasteiger partial charge in [-0.2, -0.15) is 0 Å². The highest BCUT2D eigenvalue weighted by atomic mass is 16.7. The third-order valence-corrected chi connectivity index (χ3v) is 4.88. The van der Waals surface area contributed by atoms with Gasteiger partial charge in [-0.15, -0.1) is 0 Å². The van der Waals surface area contributed by atoms with Crippen molar-refractivity contribution >= 4 is 0 Å². The monoisotopic (exact) mass is 337 g/mol. The fourth-order valence-corrected chi connectivity index (χ4v) is 3.26. The maximum atomic E-state index is 9.51. The van der Waals surface area contributed by atoms with E-state index in [0.29, 0.717) is 13.0 Å². The first-order valence-corrected chi connectivity index (χ1v) is 8.79. The molecule has 0 saturated carbocycles. The van der Waals surface area contributed by atoms with Crippen LogP contribution in [-0.2, 0) is 15.9 Å². The predicted octanol–water partition coefficient (Wildman–Crippen LogP) is 4.91. The number of ether oxygens (including phenoxy) is 2. The highest BCUT2D eigenvalue weighted by molar-refractivity contribution is 5.63. The Morgan fingerprint density at radius 1 is 1.08 bits per heavy atom. The Kier molecular flexibility index (Phi) is 5.17. The van der Waals surface area contributed by atoms with E-state index in [1.165, 1.54) is 11.1 Å². The average molecular weight is 337 g/mol. The molecule has 130 valence electrons.